The van der Waals surface area contributed by atoms with Gasteiger partial charge in [-0.3, -0.25) is 4.79 Å². The number of alkyl halides is 3. The number of methoxy groups -OCH3 is 1. The number of hydrogen-bond donors (Lipinski definition) is 1. The van der Waals surface area contributed by atoms with Gasteiger partial charge in [-0.2, -0.15) is 18.2 Å². The Morgan fingerprint density at radius 1 is 1.03 bits per heavy atom. The first-order valence-electron chi connectivity index (χ1n) is 11.5. The van der Waals surface area contributed by atoms with Crippen LogP contribution in [-0.2, 0) is 11.0 Å². The van der Waals surface area contributed by atoms with Crippen LogP contribution >= 0.6 is 0 Å². The molecular formula is C26H25F3N4O2. The maximum Gasteiger partial charge on any atom is 0.453 e. The summed E-state index contributed by atoms with van der Waals surface area (Å²) in [5.74, 6) is -0.469. The molecule has 0 spiro atoms. The van der Waals surface area contributed by atoms with Gasteiger partial charge in [0.1, 0.15) is 11.8 Å². The zero-order valence-corrected chi connectivity index (χ0v) is 19.6. The maximum absolute atomic E-state index is 13.5. The first kappa shape index (κ1) is 23.1. The number of carbonyl (C=O) groups excluding carboxylic acids is 1. The van der Waals surface area contributed by atoms with Gasteiger partial charge in [-0.05, 0) is 47.1 Å². The minimum atomic E-state index is -4.70. The van der Waals surface area contributed by atoms with Gasteiger partial charge in [-0.1, -0.05) is 50.2 Å². The molecule has 2 heterocycles. The number of benzene rings is 2. The first-order valence-corrected chi connectivity index (χ1v) is 11.5. The highest BCUT2D eigenvalue weighted by Crippen LogP contribution is 2.45. The number of Topliss-reactive ketones (excluding diaryl/α,β-unsaturated/α-hetero) is 1. The molecule has 0 amide bonds. The quantitative estimate of drug-likeness (QED) is 0.506. The third kappa shape index (κ3) is 4.19. The van der Waals surface area contributed by atoms with E-state index in [1.807, 2.05) is 48.5 Å². The van der Waals surface area contributed by atoms with Gasteiger partial charge in [-0.15, -0.1) is 5.10 Å². The van der Waals surface area contributed by atoms with Gasteiger partial charge in [0.15, 0.2) is 5.78 Å². The fourth-order valence-electron chi connectivity index (χ4n) is 4.82. The fourth-order valence-corrected chi connectivity index (χ4v) is 4.82. The molecule has 2 atom stereocenters. The average molecular weight is 483 g/mol. The predicted molar refractivity (Wildman–Crippen MR) is 124 cm³/mol. The molecule has 5 rings (SSSR count). The van der Waals surface area contributed by atoms with Crippen LogP contribution in [0.25, 0.3) is 0 Å². The lowest BCUT2D eigenvalue weighted by molar-refractivity contribution is -0.145. The number of fused-ring (bicyclic) bond motifs is 1. The van der Waals surface area contributed by atoms with Gasteiger partial charge in [-0.25, -0.2) is 4.68 Å². The van der Waals surface area contributed by atoms with Crippen molar-refractivity contribution in [2.45, 2.75) is 50.7 Å². The van der Waals surface area contributed by atoms with Crippen LogP contribution in [0.5, 0.6) is 5.75 Å². The Balaban J connectivity index is 1.58. The zero-order chi connectivity index (χ0) is 24.9. The molecule has 1 N–H and O–H groups in total. The van der Waals surface area contributed by atoms with Gasteiger partial charge in [0.05, 0.1) is 7.11 Å². The Labute approximate surface area is 200 Å². The number of aromatic nitrogens is 3. The number of ketones is 1. The number of hydrogen-bond acceptors (Lipinski definition) is 5. The van der Waals surface area contributed by atoms with E-state index in [9.17, 15) is 18.0 Å². The van der Waals surface area contributed by atoms with Crippen LogP contribution in [-0.4, -0.2) is 27.7 Å². The normalized spacial score (nSPS) is 19.9. The molecule has 2 aliphatic rings. The molecule has 35 heavy (non-hydrogen) atoms. The lowest BCUT2D eigenvalue weighted by Crippen LogP contribution is -2.33. The largest absolute Gasteiger partial charge is 0.497 e. The maximum atomic E-state index is 13.5. The number of ether oxygens (including phenoxy) is 1. The minimum Gasteiger partial charge on any atom is -0.497 e. The molecule has 0 fully saturated rings. The predicted octanol–water partition coefficient (Wildman–Crippen LogP) is 5.84. The van der Waals surface area contributed by atoms with Gasteiger partial charge in [0, 0.05) is 17.7 Å². The van der Waals surface area contributed by atoms with E-state index in [0.717, 1.165) is 11.1 Å². The topological polar surface area (TPSA) is 69.0 Å². The number of halogens is 3. The van der Waals surface area contributed by atoms with Crippen LogP contribution in [0.1, 0.15) is 67.1 Å². The van der Waals surface area contributed by atoms with Gasteiger partial charge in [0.25, 0.3) is 5.82 Å². The molecule has 1 aliphatic carbocycles. The molecule has 1 aliphatic heterocycles. The molecule has 9 heteroatoms. The van der Waals surface area contributed by atoms with E-state index < -0.39 is 18.0 Å². The van der Waals surface area contributed by atoms with Gasteiger partial charge >= 0.3 is 6.18 Å². The van der Waals surface area contributed by atoms with Crippen LogP contribution in [0.4, 0.5) is 19.1 Å². The van der Waals surface area contributed by atoms with Crippen molar-refractivity contribution in [1.29, 1.82) is 0 Å². The van der Waals surface area contributed by atoms with Crippen molar-refractivity contribution in [1.82, 2.24) is 14.8 Å². The van der Waals surface area contributed by atoms with Crippen molar-refractivity contribution < 1.29 is 22.7 Å². The summed E-state index contributed by atoms with van der Waals surface area (Å²) in [4.78, 5) is 17.2. The second-order valence-electron chi connectivity index (χ2n) is 9.24. The van der Waals surface area contributed by atoms with Crippen LogP contribution in [0.3, 0.4) is 0 Å². The molecule has 3 aromatic rings. The highest BCUT2D eigenvalue weighted by Gasteiger charge is 2.43. The van der Waals surface area contributed by atoms with Crippen molar-refractivity contribution in [2.75, 3.05) is 12.4 Å². The fraction of sp³-hybridized carbons (Fsp3) is 0.346. The molecule has 1 aromatic heterocycles. The lowest BCUT2D eigenvalue weighted by Gasteiger charge is -2.35. The summed E-state index contributed by atoms with van der Waals surface area (Å²) in [5, 5.41) is 6.77. The summed E-state index contributed by atoms with van der Waals surface area (Å²) < 4.78 is 46.9. The second kappa shape index (κ2) is 8.55. The highest BCUT2D eigenvalue weighted by molar-refractivity contribution is 6.00. The van der Waals surface area contributed by atoms with Crippen LogP contribution in [0.2, 0.25) is 0 Å². The SMILES string of the molecule is COc1ccc([C@@H]2CC(=O)C3=C(C2)Nc2nc(C(F)(F)F)nn2[C@H]3c2ccc(C(C)C)cc2)cc1. The number of nitrogens with zero attached hydrogens (tertiary/aromatic N) is 3. The number of rotatable bonds is 4. The Morgan fingerprint density at radius 2 is 1.69 bits per heavy atom. The van der Waals surface area contributed by atoms with Gasteiger partial charge in [0.2, 0.25) is 5.95 Å². The summed E-state index contributed by atoms with van der Waals surface area (Å²) in [6.07, 6.45) is -3.97. The standard InChI is InChI=1S/C26H25F3N4O2/c1-14(2)15-4-6-17(7-5-15)23-22-20(30-25-31-24(26(27,28)29)32-33(23)25)12-18(13-21(22)34)16-8-10-19(35-3)11-9-16/h4-11,14,18,23H,12-13H2,1-3H3,(H,30,31,32)/t18-,23-/m0/s1. The molecule has 0 radical (unpaired) electrons. The summed E-state index contributed by atoms with van der Waals surface area (Å²) >= 11 is 0. The van der Waals surface area contributed by atoms with E-state index in [-0.39, 0.29) is 24.1 Å². The summed E-state index contributed by atoms with van der Waals surface area (Å²) in [6.45, 7) is 4.13. The van der Waals surface area contributed by atoms with Crippen molar-refractivity contribution in [3.8, 4) is 5.75 Å². The minimum absolute atomic E-state index is 0.0165. The van der Waals surface area contributed by atoms with Crippen molar-refractivity contribution >= 4 is 11.7 Å². The van der Waals surface area contributed by atoms with E-state index in [2.05, 4.69) is 29.2 Å². The third-order valence-corrected chi connectivity index (χ3v) is 6.68. The molecule has 6 nitrogen and oxygen atoms in total. The van der Waals surface area contributed by atoms with E-state index in [0.29, 0.717) is 34.9 Å². The number of nitrogens with one attached hydrogen (secondary N) is 1. The number of anilines is 1. The summed E-state index contributed by atoms with van der Waals surface area (Å²) in [5.41, 5.74) is 3.79. The molecule has 0 unspecified atom stereocenters. The number of allylic oxidation sites excluding steroid dienone is 2. The van der Waals surface area contributed by atoms with Gasteiger partial charge < -0.3 is 10.1 Å². The molecular weight excluding hydrogens is 457 g/mol. The molecule has 182 valence electrons. The average Bonchev–Trinajstić information content (AvgIpc) is 3.27. The summed E-state index contributed by atoms with van der Waals surface area (Å²) in [7, 11) is 1.58. The Hall–Kier alpha value is -3.62. The Kier molecular flexibility index (Phi) is 5.65. The van der Waals surface area contributed by atoms with Crippen LogP contribution in [0, 0.1) is 0 Å². The lowest BCUT2D eigenvalue weighted by atomic mass is 9.78. The van der Waals surface area contributed by atoms with E-state index in [4.69, 9.17) is 4.74 Å². The first-order chi connectivity index (χ1) is 16.7. The molecule has 0 saturated carbocycles. The smallest absolute Gasteiger partial charge is 0.453 e. The molecule has 0 saturated heterocycles. The van der Waals surface area contributed by atoms with Crippen LogP contribution < -0.4 is 10.1 Å². The zero-order valence-electron chi connectivity index (χ0n) is 19.6. The third-order valence-electron chi connectivity index (χ3n) is 6.68. The van der Waals surface area contributed by atoms with E-state index in [1.165, 1.54) is 4.68 Å². The Bertz CT molecular complexity index is 1290. The highest BCUT2D eigenvalue weighted by atomic mass is 19.4. The van der Waals surface area contributed by atoms with E-state index >= 15 is 0 Å². The van der Waals surface area contributed by atoms with Crippen LogP contribution in [0.15, 0.2) is 59.8 Å². The van der Waals surface area contributed by atoms with Crippen molar-refractivity contribution in [3.05, 3.63) is 82.3 Å². The molecule has 0 bridgehead atoms. The Morgan fingerprint density at radius 3 is 2.29 bits per heavy atom. The number of carbonyl (C=O) groups is 1. The van der Waals surface area contributed by atoms with Crippen molar-refractivity contribution in [2.24, 2.45) is 0 Å². The molecule has 2 aromatic carbocycles. The second-order valence-corrected chi connectivity index (χ2v) is 9.24. The van der Waals surface area contributed by atoms with E-state index in [1.54, 1.807) is 7.11 Å². The summed E-state index contributed by atoms with van der Waals surface area (Å²) in [6, 6.07) is 14.3. The monoisotopic (exact) mass is 482 g/mol. The van der Waals surface area contributed by atoms with Crippen molar-refractivity contribution in [3.63, 3.8) is 0 Å².